The molecular weight excluding hydrogens is 352 g/mol. The fourth-order valence-electron chi connectivity index (χ4n) is 2.28. The number of carbonyl (C=O) groups is 3. The van der Waals surface area contributed by atoms with E-state index in [2.05, 4.69) is 10.6 Å². The number of carbonyl (C=O) groups excluding carboxylic acids is 1. The highest BCUT2D eigenvalue weighted by molar-refractivity contribution is 6.08. The van der Waals surface area contributed by atoms with Crippen molar-refractivity contribution in [2.75, 3.05) is 10.6 Å². The Labute approximate surface area is 153 Å². The van der Waals surface area contributed by atoms with Crippen LogP contribution in [-0.2, 0) is 4.79 Å². The Bertz CT molecular complexity index is 953. The van der Waals surface area contributed by atoms with Crippen molar-refractivity contribution in [3.63, 3.8) is 0 Å². The highest BCUT2D eigenvalue weighted by atomic mass is 16.4. The molecular formula is C18H16N4O5. The lowest BCUT2D eigenvalue weighted by Gasteiger charge is -2.12. The smallest absolute Gasteiger partial charge is 0.336 e. The van der Waals surface area contributed by atoms with Crippen LogP contribution in [0.3, 0.4) is 0 Å². The number of hydrogen-bond donors (Lipinski definition) is 6. The number of rotatable bonds is 6. The summed E-state index contributed by atoms with van der Waals surface area (Å²) in [5, 5.41) is 30.4. The summed E-state index contributed by atoms with van der Waals surface area (Å²) in [5.41, 5.74) is 5.96. The maximum absolute atomic E-state index is 12.5. The van der Waals surface area contributed by atoms with Gasteiger partial charge in [-0.1, -0.05) is 12.1 Å². The standard InChI is InChI=1S/C18H16N4O5/c19-18(20)21-11-4-1-3-10(9-11)16(25)22-14-6-2-5-13(17(26)27)12(14)7-8-15(23)24/h1-9H,(H,22,25)(H,23,24)(H,26,27)(H4,19,20,21). The number of anilines is 2. The Morgan fingerprint density at radius 3 is 2.37 bits per heavy atom. The van der Waals surface area contributed by atoms with Crippen molar-refractivity contribution in [2.24, 2.45) is 5.73 Å². The molecule has 1 amide bonds. The van der Waals surface area contributed by atoms with Crippen LogP contribution in [0.25, 0.3) is 6.08 Å². The number of carboxylic acids is 2. The number of hydrogen-bond acceptors (Lipinski definition) is 4. The van der Waals surface area contributed by atoms with Crippen LogP contribution in [0.4, 0.5) is 11.4 Å². The molecule has 0 bridgehead atoms. The number of benzene rings is 2. The topological polar surface area (TPSA) is 166 Å². The van der Waals surface area contributed by atoms with Crippen molar-refractivity contribution >= 4 is 41.3 Å². The molecule has 0 heterocycles. The molecule has 0 atom stereocenters. The Morgan fingerprint density at radius 2 is 1.74 bits per heavy atom. The summed E-state index contributed by atoms with van der Waals surface area (Å²) < 4.78 is 0. The summed E-state index contributed by atoms with van der Waals surface area (Å²) in [6.45, 7) is 0. The van der Waals surface area contributed by atoms with E-state index in [0.29, 0.717) is 5.69 Å². The van der Waals surface area contributed by atoms with E-state index in [0.717, 1.165) is 12.2 Å². The van der Waals surface area contributed by atoms with Gasteiger partial charge < -0.3 is 26.6 Å². The van der Waals surface area contributed by atoms with Gasteiger partial charge in [-0.15, -0.1) is 0 Å². The first-order valence-electron chi connectivity index (χ1n) is 7.57. The third-order valence-corrected chi connectivity index (χ3v) is 3.38. The van der Waals surface area contributed by atoms with Crippen LogP contribution in [0.15, 0.2) is 48.5 Å². The van der Waals surface area contributed by atoms with Crippen molar-refractivity contribution < 1.29 is 24.6 Å². The fourth-order valence-corrected chi connectivity index (χ4v) is 2.28. The second-order valence-corrected chi connectivity index (χ2v) is 5.32. The summed E-state index contributed by atoms with van der Waals surface area (Å²) >= 11 is 0. The molecule has 2 aromatic rings. The molecule has 0 fully saturated rings. The summed E-state index contributed by atoms with van der Waals surface area (Å²) in [5.74, 6) is -3.35. The second-order valence-electron chi connectivity index (χ2n) is 5.32. The van der Waals surface area contributed by atoms with Gasteiger partial charge in [0, 0.05) is 28.6 Å². The molecule has 0 saturated heterocycles. The Hall–Kier alpha value is -4.14. The van der Waals surface area contributed by atoms with Gasteiger partial charge in [-0.3, -0.25) is 10.2 Å². The first kappa shape index (κ1) is 19.2. The van der Waals surface area contributed by atoms with Crippen molar-refractivity contribution in [1.82, 2.24) is 0 Å². The molecule has 0 spiro atoms. The maximum atomic E-state index is 12.5. The molecule has 0 aromatic heterocycles. The molecule has 7 N–H and O–H groups in total. The molecule has 9 nitrogen and oxygen atoms in total. The number of nitrogens with two attached hydrogens (primary N) is 1. The normalized spacial score (nSPS) is 10.4. The predicted octanol–water partition coefficient (Wildman–Crippen LogP) is 2.04. The molecule has 0 aliphatic heterocycles. The lowest BCUT2D eigenvalue weighted by molar-refractivity contribution is -0.131. The van der Waals surface area contributed by atoms with E-state index in [9.17, 15) is 19.5 Å². The predicted molar refractivity (Wildman–Crippen MR) is 100 cm³/mol. The molecule has 2 aromatic carbocycles. The van der Waals surface area contributed by atoms with Crippen LogP contribution in [-0.4, -0.2) is 34.0 Å². The lowest BCUT2D eigenvalue weighted by Crippen LogP contribution is -2.21. The van der Waals surface area contributed by atoms with Gasteiger partial charge in [-0.2, -0.15) is 0 Å². The van der Waals surface area contributed by atoms with Gasteiger partial charge >= 0.3 is 11.9 Å². The zero-order chi connectivity index (χ0) is 20.0. The van der Waals surface area contributed by atoms with E-state index in [1.54, 1.807) is 12.1 Å². The number of carboxylic acid groups (broad SMARTS) is 2. The van der Waals surface area contributed by atoms with Gasteiger partial charge in [0.25, 0.3) is 5.91 Å². The molecule has 2 rings (SSSR count). The van der Waals surface area contributed by atoms with Gasteiger partial charge in [-0.25, -0.2) is 9.59 Å². The number of aromatic carboxylic acids is 1. The maximum Gasteiger partial charge on any atom is 0.336 e. The van der Waals surface area contributed by atoms with E-state index in [1.165, 1.54) is 30.3 Å². The summed E-state index contributed by atoms with van der Waals surface area (Å²) in [4.78, 5) is 34.7. The van der Waals surface area contributed by atoms with Crippen LogP contribution >= 0.6 is 0 Å². The highest BCUT2D eigenvalue weighted by Crippen LogP contribution is 2.23. The average Bonchev–Trinajstić information content (AvgIpc) is 2.59. The zero-order valence-electron chi connectivity index (χ0n) is 13.9. The van der Waals surface area contributed by atoms with Crippen LogP contribution in [0, 0.1) is 5.41 Å². The van der Waals surface area contributed by atoms with Crippen LogP contribution in [0.5, 0.6) is 0 Å². The second kappa shape index (κ2) is 8.30. The largest absolute Gasteiger partial charge is 0.478 e. The van der Waals surface area contributed by atoms with Gasteiger partial charge in [0.2, 0.25) is 0 Å². The van der Waals surface area contributed by atoms with E-state index < -0.39 is 17.8 Å². The number of nitrogens with one attached hydrogen (secondary N) is 3. The molecule has 9 heteroatoms. The minimum Gasteiger partial charge on any atom is -0.478 e. The van der Waals surface area contributed by atoms with E-state index in [4.69, 9.17) is 16.2 Å². The van der Waals surface area contributed by atoms with E-state index >= 15 is 0 Å². The minimum absolute atomic E-state index is 0.0544. The molecule has 0 saturated carbocycles. The molecule has 27 heavy (non-hydrogen) atoms. The number of guanidine groups is 1. The molecule has 0 unspecified atom stereocenters. The van der Waals surface area contributed by atoms with Crippen LogP contribution in [0.2, 0.25) is 0 Å². The quantitative estimate of drug-likeness (QED) is 0.258. The average molecular weight is 368 g/mol. The third-order valence-electron chi connectivity index (χ3n) is 3.38. The third kappa shape index (κ3) is 5.16. The van der Waals surface area contributed by atoms with Crippen molar-refractivity contribution in [2.45, 2.75) is 0 Å². The molecule has 0 radical (unpaired) electrons. The molecule has 0 aliphatic carbocycles. The minimum atomic E-state index is -1.26. The van der Waals surface area contributed by atoms with Crippen LogP contribution in [0.1, 0.15) is 26.3 Å². The Kier molecular flexibility index (Phi) is 5.90. The Balaban J connectivity index is 2.37. The van der Waals surface area contributed by atoms with Gasteiger partial charge in [0.15, 0.2) is 5.96 Å². The monoisotopic (exact) mass is 368 g/mol. The Morgan fingerprint density at radius 1 is 1.04 bits per heavy atom. The van der Waals surface area contributed by atoms with Crippen molar-refractivity contribution in [1.29, 1.82) is 5.41 Å². The summed E-state index contributed by atoms with van der Waals surface area (Å²) in [7, 11) is 0. The molecule has 138 valence electrons. The van der Waals surface area contributed by atoms with Crippen LogP contribution < -0.4 is 16.4 Å². The highest BCUT2D eigenvalue weighted by Gasteiger charge is 2.15. The van der Waals surface area contributed by atoms with Crippen molar-refractivity contribution in [3.05, 3.63) is 65.2 Å². The SMILES string of the molecule is N=C(N)Nc1cccc(C(=O)Nc2cccc(C(=O)O)c2C=CC(=O)O)c1. The zero-order valence-corrected chi connectivity index (χ0v) is 13.9. The number of amides is 1. The van der Waals surface area contributed by atoms with E-state index in [-0.39, 0.29) is 28.3 Å². The fraction of sp³-hybridized carbons (Fsp3) is 0. The number of aliphatic carboxylic acids is 1. The first-order valence-corrected chi connectivity index (χ1v) is 7.57. The van der Waals surface area contributed by atoms with Gasteiger partial charge in [0.05, 0.1) is 5.56 Å². The summed E-state index contributed by atoms with van der Waals surface area (Å²) in [6, 6.07) is 10.4. The summed E-state index contributed by atoms with van der Waals surface area (Å²) in [6.07, 6.45) is 1.89. The molecule has 0 aliphatic rings. The van der Waals surface area contributed by atoms with E-state index in [1.807, 2.05) is 0 Å². The van der Waals surface area contributed by atoms with Gasteiger partial charge in [-0.05, 0) is 36.4 Å². The van der Waals surface area contributed by atoms with Gasteiger partial charge in [0.1, 0.15) is 0 Å². The lowest BCUT2D eigenvalue weighted by atomic mass is 10.0. The first-order chi connectivity index (χ1) is 12.8. The van der Waals surface area contributed by atoms with Crippen molar-refractivity contribution in [3.8, 4) is 0 Å².